The molecule has 1 aliphatic heterocycles. The van der Waals surface area contributed by atoms with Gasteiger partial charge in [0.1, 0.15) is 23.8 Å². The first-order valence-corrected chi connectivity index (χ1v) is 10.5. The summed E-state index contributed by atoms with van der Waals surface area (Å²) in [6, 6.07) is 8.91. The summed E-state index contributed by atoms with van der Waals surface area (Å²) in [7, 11) is 0. The smallest absolute Gasteiger partial charge is 0.316 e. The van der Waals surface area contributed by atoms with Gasteiger partial charge in [-0.05, 0) is 55.2 Å². The number of aliphatic hydroxyl groups is 1. The number of nitrogens with two attached hydrogens (primary N) is 1. The molecular weight excluding hydrogens is 441 g/mol. The molecule has 10 heteroatoms. The SMILES string of the molecule is NC(=O)Nc1cc(Cl)ccc1OCC(=O)C1(O)CCCN(O)C(Cc2ccc(F)cc2)C1. The summed E-state index contributed by atoms with van der Waals surface area (Å²) in [6.07, 6.45) is 0.862. The van der Waals surface area contributed by atoms with Crippen LogP contribution in [0.1, 0.15) is 24.8 Å². The largest absolute Gasteiger partial charge is 0.484 e. The van der Waals surface area contributed by atoms with Gasteiger partial charge in [0.15, 0.2) is 0 Å². The van der Waals surface area contributed by atoms with Crippen LogP contribution in [0.25, 0.3) is 0 Å². The van der Waals surface area contributed by atoms with Crippen molar-refractivity contribution in [2.24, 2.45) is 5.73 Å². The fraction of sp³-hybridized carbons (Fsp3) is 0.364. The number of nitrogens with one attached hydrogen (secondary N) is 1. The first-order valence-electron chi connectivity index (χ1n) is 10.1. The lowest BCUT2D eigenvalue weighted by atomic mass is 9.86. The lowest BCUT2D eigenvalue weighted by Crippen LogP contribution is -2.46. The van der Waals surface area contributed by atoms with Gasteiger partial charge in [-0.3, -0.25) is 4.79 Å². The zero-order valence-corrected chi connectivity index (χ0v) is 18.0. The number of hydroxylamine groups is 2. The van der Waals surface area contributed by atoms with Gasteiger partial charge in [0.05, 0.1) is 5.69 Å². The number of Topliss-reactive ketones (excluding diaryl/α,β-unsaturated/α-hetero) is 1. The number of ketones is 1. The number of rotatable bonds is 7. The van der Waals surface area contributed by atoms with Crippen molar-refractivity contribution in [2.45, 2.75) is 37.3 Å². The Bertz CT molecular complexity index is 975. The summed E-state index contributed by atoms with van der Waals surface area (Å²) in [6.45, 7) is -0.174. The van der Waals surface area contributed by atoms with E-state index in [2.05, 4.69) is 5.32 Å². The van der Waals surface area contributed by atoms with Gasteiger partial charge in [-0.15, -0.1) is 0 Å². The maximum Gasteiger partial charge on any atom is 0.316 e. The first-order chi connectivity index (χ1) is 15.2. The van der Waals surface area contributed by atoms with Crippen LogP contribution in [0.3, 0.4) is 0 Å². The highest BCUT2D eigenvalue weighted by Crippen LogP contribution is 2.31. The van der Waals surface area contributed by atoms with E-state index in [0.29, 0.717) is 17.9 Å². The lowest BCUT2D eigenvalue weighted by molar-refractivity contribution is -0.149. The van der Waals surface area contributed by atoms with Crippen LogP contribution in [0.2, 0.25) is 5.02 Å². The van der Waals surface area contributed by atoms with E-state index >= 15 is 0 Å². The quantitative estimate of drug-likeness (QED) is 0.498. The number of halogens is 2. The number of amides is 2. The predicted molar refractivity (Wildman–Crippen MR) is 116 cm³/mol. The highest BCUT2D eigenvalue weighted by atomic mass is 35.5. The van der Waals surface area contributed by atoms with Crippen molar-refractivity contribution in [1.82, 2.24) is 5.06 Å². The van der Waals surface area contributed by atoms with Crippen molar-refractivity contribution in [1.29, 1.82) is 0 Å². The Morgan fingerprint density at radius 1 is 1.28 bits per heavy atom. The van der Waals surface area contributed by atoms with Gasteiger partial charge in [0, 0.05) is 24.0 Å². The highest BCUT2D eigenvalue weighted by molar-refractivity contribution is 6.31. The Hall–Kier alpha value is -2.72. The molecule has 1 fully saturated rings. The van der Waals surface area contributed by atoms with E-state index in [9.17, 15) is 24.3 Å². The van der Waals surface area contributed by atoms with Crippen molar-refractivity contribution in [3.63, 3.8) is 0 Å². The molecule has 2 unspecified atom stereocenters. The molecule has 2 aromatic carbocycles. The fourth-order valence-electron chi connectivity index (χ4n) is 3.77. The molecule has 3 rings (SSSR count). The average molecular weight is 466 g/mol. The molecule has 0 bridgehead atoms. The maximum atomic E-state index is 13.2. The van der Waals surface area contributed by atoms with E-state index in [1.165, 1.54) is 30.3 Å². The molecular formula is C22H25ClFN3O5. The number of primary amides is 1. The van der Waals surface area contributed by atoms with Gasteiger partial charge in [-0.2, -0.15) is 5.06 Å². The molecule has 2 atom stereocenters. The van der Waals surface area contributed by atoms with E-state index in [-0.39, 0.29) is 36.6 Å². The van der Waals surface area contributed by atoms with Crippen LogP contribution in [0.4, 0.5) is 14.9 Å². The molecule has 172 valence electrons. The first kappa shape index (κ1) is 23.9. The Balaban J connectivity index is 1.70. The second-order valence-electron chi connectivity index (χ2n) is 7.83. The van der Waals surface area contributed by atoms with Crippen molar-refractivity contribution in [3.05, 3.63) is 58.9 Å². The van der Waals surface area contributed by atoms with Gasteiger partial charge in [0.2, 0.25) is 5.78 Å². The van der Waals surface area contributed by atoms with Crippen molar-refractivity contribution < 1.29 is 29.0 Å². The summed E-state index contributed by atoms with van der Waals surface area (Å²) in [5.41, 5.74) is 4.40. The van der Waals surface area contributed by atoms with E-state index in [4.69, 9.17) is 22.1 Å². The van der Waals surface area contributed by atoms with E-state index in [0.717, 1.165) is 10.6 Å². The van der Waals surface area contributed by atoms with Crippen molar-refractivity contribution in [3.8, 4) is 5.75 Å². The monoisotopic (exact) mass is 465 g/mol. The Kier molecular flexibility index (Phi) is 7.68. The molecule has 1 aliphatic rings. The van der Waals surface area contributed by atoms with Crippen LogP contribution in [0.5, 0.6) is 5.75 Å². The molecule has 2 amide bonds. The third-order valence-corrected chi connectivity index (χ3v) is 5.67. The predicted octanol–water partition coefficient (Wildman–Crippen LogP) is 3.14. The van der Waals surface area contributed by atoms with E-state index in [1.807, 2.05) is 0 Å². The van der Waals surface area contributed by atoms with Crippen molar-refractivity contribution >= 4 is 29.1 Å². The summed E-state index contributed by atoms with van der Waals surface area (Å²) >= 11 is 5.93. The van der Waals surface area contributed by atoms with Crippen LogP contribution in [-0.2, 0) is 11.2 Å². The minimum atomic E-state index is -1.72. The number of benzene rings is 2. The Labute approximate surface area is 189 Å². The molecule has 1 heterocycles. The molecule has 0 spiro atoms. The molecule has 0 aliphatic carbocycles. The summed E-state index contributed by atoms with van der Waals surface area (Å²) in [5.74, 6) is -0.756. The molecule has 5 N–H and O–H groups in total. The van der Waals surface area contributed by atoms with Gasteiger partial charge < -0.3 is 26.1 Å². The minimum absolute atomic E-state index is 0.0178. The van der Waals surface area contributed by atoms with Crippen molar-refractivity contribution in [2.75, 3.05) is 18.5 Å². The Morgan fingerprint density at radius 2 is 2.00 bits per heavy atom. The van der Waals surface area contributed by atoms with Crippen LogP contribution in [0, 0.1) is 5.82 Å². The third kappa shape index (κ3) is 6.17. The third-order valence-electron chi connectivity index (χ3n) is 5.43. The highest BCUT2D eigenvalue weighted by Gasteiger charge is 2.41. The summed E-state index contributed by atoms with van der Waals surface area (Å²) in [4.78, 5) is 24.1. The zero-order valence-electron chi connectivity index (χ0n) is 17.3. The topological polar surface area (TPSA) is 125 Å². The normalized spacial score (nSPS) is 21.6. The average Bonchev–Trinajstić information content (AvgIpc) is 2.87. The molecule has 32 heavy (non-hydrogen) atoms. The number of hydrogen-bond donors (Lipinski definition) is 4. The second kappa shape index (κ2) is 10.3. The Morgan fingerprint density at radius 3 is 2.69 bits per heavy atom. The van der Waals surface area contributed by atoms with Gasteiger partial charge in [0.25, 0.3) is 0 Å². The van der Waals surface area contributed by atoms with Crippen LogP contribution in [-0.4, -0.2) is 52.0 Å². The standard InChI is InChI=1S/C22H25ClFN3O5/c23-15-4-7-19(18(11-15)26-21(25)29)32-13-20(28)22(30)8-1-9-27(31)17(12-22)10-14-2-5-16(24)6-3-14/h2-7,11,17,30-31H,1,8-10,12-13H2,(H3,25,26,29). The molecule has 0 radical (unpaired) electrons. The van der Waals surface area contributed by atoms with Crippen LogP contribution in [0.15, 0.2) is 42.5 Å². The summed E-state index contributed by atoms with van der Waals surface area (Å²) in [5, 5.41) is 25.3. The molecule has 0 saturated carbocycles. The molecule has 2 aromatic rings. The second-order valence-corrected chi connectivity index (χ2v) is 8.26. The van der Waals surface area contributed by atoms with Gasteiger partial charge >= 0.3 is 6.03 Å². The summed E-state index contributed by atoms with van der Waals surface area (Å²) < 4.78 is 18.7. The number of nitrogens with zero attached hydrogens (tertiary/aromatic N) is 1. The lowest BCUT2D eigenvalue weighted by Gasteiger charge is -2.30. The maximum absolute atomic E-state index is 13.2. The number of ether oxygens (including phenoxy) is 1. The number of urea groups is 1. The number of hydrogen-bond acceptors (Lipinski definition) is 6. The van der Waals surface area contributed by atoms with Gasteiger partial charge in [-0.25, -0.2) is 9.18 Å². The van der Waals surface area contributed by atoms with Crippen LogP contribution < -0.4 is 15.8 Å². The van der Waals surface area contributed by atoms with Crippen LogP contribution >= 0.6 is 11.6 Å². The number of carbonyl (C=O) groups excluding carboxylic acids is 2. The molecule has 8 nitrogen and oxygen atoms in total. The number of anilines is 1. The van der Waals surface area contributed by atoms with E-state index < -0.39 is 30.1 Å². The minimum Gasteiger partial charge on any atom is -0.484 e. The fourth-order valence-corrected chi connectivity index (χ4v) is 3.94. The molecule has 0 aromatic heterocycles. The number of carbonyl (C=O) groups is 2. The molecule has 1 saturated heterocycles. The van der Waals surface area contributed by atoms with E-state index in [1.54, 1.807) is 12.1 Å². The van der Waals surface area contributed by atoms with Gasteiger partial charge in [-0.1, -0.05) is 23.7 Å². The zero-order chi connectivity index (χ0) is 23.3.